The average Bonchev–Trinajstić information content (AvgIpc) is 2.38. The average molecular weight is 278 g/mol. The summed E-state index contributed by atoms with van der Waals surface area (Å²) in [7, 11) is 0. The first-order valence-electron chi connectivity index (χ1n) is 5.93. The molecule has 2 aromatic rings. The minimum Gasteiger partial charge on any atom is -0.384 e. The van der Waals surface area contributed by atoms with E-state index in [-0.39, 0.29) is 0 Å². The van der Waals surface area contributed by atoms with Gasteiger partial charge in [0.1, 0.15) is 0 Å². The number of aryl methyl sites for hydroxylation is 1. The molecule has 1 nitrogen and oxygen atoms in total. The fourth-order valence-corrected chi connectivity index (χ4v) is 2.71. The van der Waals surface area contributed by atoms with Crippen molar-refractivity contribution >= 4 is 29.1 Å². The predicted molar refractivity (Wildman–Crippen MR) is 81.8 cm³/mol. The molecule has 0 aliphatic heterocycles. The van der Waals surface area contributed by atoms with Crippen molar-refractivity contribution in [1.29, 1.82) is 0 Å². The molecular formula is C15H16ClNS. The van der Waals surface area contributed by atoms with Crippen molar-refractivity contribution in [2.75, 3.05) is 17.6 Å². The van der Waals surface area contributed by atoms with Gasteiger partial charge in [-0.3, -0.25) is 0 Å². The van der Waals surface area contributed by atoms with Gasteiger partial charge in [0.25, 0.3) is 0 Å². The maximum Gasteiger partial charge on any atom is 0.0410 e. The largest absolute Gasteiger partial charge is 0.384 e. The van der Waals surface area contributed by atoms with Crippen LogP contribution >= 0.6 is 23.4 Å². The van der Waals surface area contributed by atoms with Gasteiger partial charge in [-0.1, -0.05) is 29.8 Å². The second-order valence-electron chi connectivity index (χ2n) is 4.05. The molecule has 0 aromatic heterocycles. The Hall–Kier alpha value is -1.12. The van der Waals surface area contributed by atoms with E-state index in [9.17, 15) is 0 Å². The number of hydrogen-bond donors (Lipinski definition) is 1. The molecular weight excluding hydrogens is 262 g/mol. The molecule has 18 heavy (non-hydrogen) atoms. The maximum atomic E-state index is 5.93. The summed E-state index contributed by atoms with van der Waals surface area (Å²) in [5.41, 5.74) is 2.35. The van der Waals surface area contributed by atoms with Crippen LogP contribution in [-0.2, 0) is 0 Å². The van der Waals surface area contributed by atoms with E-state index in [1.54, 1.807) is 0 Å². The second-order valence-corrected chi connectivity index (χ2v) is 5.65. The molecule has 0 radical (unpaired) electrons. The van der Waals surface area contributed by atoms with Crippen LogP contribution in [0.3, 0.4) is 0 Å². The lowest BCUT2D eigenvalue weighted by molar-refractivity contribution is 1.21. The van der Waals surface area contributed by atoms with Crippen LogP contribution in [0.1, 0.15) is 5.56 Å². The number of thioether (sulfide) groups is 1. The zero-order valence-corrected chi connectivity index (χ0v) is 11.9. The second kappa shape index (κ2) is 6.72. The Balaban J connectivity index is 1.79. The van der Waals surface area contributed by atoms with Crippen LogP contribution in [0, 0.1) is 6.92 Å². The lowest BCUT2D eigenvalue weighted by Gasteiger charge is -2.09. The Morgan fingerprint density at radius 1 is 1.11 bits per heavy atom. The molecule has 3 heteroatoms. The van der Waals surface area contributed by atoms with E-state index in [0.717, 1.165) is 23.0 Å². The molecule has 94 valence electrons. The molecule has 0 heterocycles. The summed E-state index contributed by atoms with van der Waals surface area (Å²) in [5, 5.41) is 4.22. The molecule has 0 saturated heterocycles. The van der Waals surface area contributed by atoms with Crippen molar-refractivity contribution in [3.63, 3.8) is 0 Å². The lowest BCUT2D eigenvalue weighted by Crippen LogP contribution is -2.05. The Bertz CT molecular complexity index is 499. The van der Waals surface area contributed by atoms with Crippen LogP contribution in [0.5, 0.6) is 0 Å². The SMILES string of the molecule is Cc1cc(Cl)ccc1NCCSc1ccccc1. The van der Waals surface area contributed by atoms with E-state index in [0.29, 0.717) is 0 Å². The molecule has 0 aliphatic rings. The van der Waals surface area contributed by atoms with Crippen molar-refractivity contribution in [3.05, 3.63) is 59.1 Å². The third-order valence-corrected chi connectivity index (χ3v) is 3.87. The van der Waals surface area contributed by atoms with E-state index >= 15 is 0 Å². The van der Waals surface area contributed by atoms with Gasteiger partial charge >= 0.3 is 0 Å². The van der Waals surface area contributed by atoms with E-state index in [2.05, 4.69) is 36.5 Å². The van der Waals surface area contributed by atoms with Gasteiger partial charge < -0.3 is 5.32 Å². The van der Waals surface area contributed by atoms with Crippen LogP contribution in [0.2, 0.25) is 5.02 Å². The van der Waals surface area contributed by atoms with Gasteiger partial charge in [-0.25, -0.2) is 0 Å². The van der Waals surface area contributed by atoms with Crippen LogP contribution < -0.4 is 5.32 Å². The minimum absolute atomic E-state index is 0.789. The number of anilines is 1. The summed E-state index contributed by atoms with van der Waals surface area (Å²) >= 11 is 7.79. The van der Waals surface area contributed by atoms with Gasteiger partial charge in [0.2, 0.25) is 0 Å². The Morgan fingerprint density at radius 3 is 2.61 bits per heavy atom. The van der Waals surface area contributed by atoms with Crippen molar-refractivity contribution in [3.8, 4) is 0 Å². The molecule has 0 saturated carbocycles. The van der Waals surface area contributed by atoms with E-state index < -0.39 is 0 Å². The zero-order valence-electron chi connectivity index (χ0n) is 10.3. The standard InChI is InChI=1S/C15H16ClNS/c1-12-11-13(16)7-8-15(12)17-9-10-18-14-5-3-2-4-6-14/h2-8,11,17H,9-10H2,1H3. The van der Waals surface area contributed by atoms with Crippen LogP contribution in [0.25, 0.3) is 0 Å². The fourth-order valence-electron chi connectivity index (χ4n) is 1.70. The molecule has 0 amide bonds. The van der Waals surface area contributed by atoms with Crippen molar-refractivity contribution in [2.24, 2.45) is 0 Å². The first-order valence-corrected chi connectivity index (χ1v) is 7.30. The Labute approximate surface area is 118 Å². The van der Waals surface area contributed by atoms with Crippen molar-refractivity contribution in [1.82, 2.24) is 0 Å². The summed E-state index contributed by atoms with van der Waals surface area (Å²) in [4.78, 5) is 1.31. The monoisotopic (exact) mass is 277 g/mol. The lowest BCUT2D eigenvalue weighted by atomic mass is 10.2. The molecule has 0 fully saturated rings. The quantitative estimate of drug-likeness (QED) is 0.619. The molecule has 1 N–H and O–H groups in total. The molecule has 0 aliphatic carbocycles. The molecule has 0 spiro atoms. The van der Waals surface area contributed by atoms with E-state index in [4.69, 9.17) is 11.6 Å². The van der Waals surface area contributed by atoms with Crippen LogP contribution in [-0.4, -0.2) is 12.3 Å². The normalized spacial score (nSPS) is 10.3. The van der Waals surface area contributed by atoms with Gasteiger partial charge in [-0.05, 0) is 42.8 Å². The number of rotatable bonds is 5. The summed E-state index contributed by atoms with van der Waals surface area (Å²) in [6.45, 7) is 3.01. The van der Waals surface area contributed by atoms with Gasteiger partial charge in [0, 0.05) is 27.9 Å². The number of hydrogen-bond acceptors (Lipinski definition) is 2. The summed E-state index contributed by atoms with van der Waals surface area (Å²) in [6.07, 6.45) is 0. The summed E-state index contributed by atoms with van der Waals surface area (Å²) in [6, 6.07) is 16.4. The van der Waals surface area contributed by atoms with Crippen molar-refractivity contribution in [2.45, 2.75) is 11.8 Å². The zero-order chi connectivity index (χ0) is 12.8. The highest BCUT2D eigenvalue weighted by molar-refractivity contribution is 7.99. The molecule has 0 bridgehead atoms. The van der Waals surface area contributed by atoms with Gasteiger partial charge in [0.05, 0.1) is 0 Å². The first kappa shape index (κ1) is 13.3. The highest BCUT2D eigenvalue weighted by Gasteiger charge is 1.98. The fraction of sp³-hybridized carbons (Fsp3) is 0.200. The highest BCUT2D eigenvalue weighted by atomic mass is 35.5. The minimum atomic E-state index is 0.789. The highest BCUT2D eigenvalue weighted by Crippen LogP contribution is 2.20. The number of halogens is 1. The Morgan fingerprint density at radius 2 is 1.89 bits per heavy atom. The first-order chi connectivity index (χ1) is 8.75. The van der Waals surface area contributed by atoms with Crippen LogP contribution in [0.4, 0.5) is 5.69 Å². The molecule has 0 unspecified atom stereocenters. The third-order valence-electron chi connectivity index (χ3n) is 2.62. The summed E-state index contributed by atoms with van der Waals surface area (Å²) in [5.74, 6) is 1.05. The molecule has 2 rings (SSSR count). The van der Waals surface area contributed by atoms with Gasteiger partial charge in [-0.15, -0.1) is 11.8 Å². The summed E-state index contributed by atoms with van der Waals surface area (Å²) < 4.78 is 0. The topological polar surface area (TPSA) is 12.0 Å². The number of benzene rings is 2. The smallest absolute Gasteiger partial charge is 0.0410 e. The third kappa shape index (κ3) is 3.97. The molecule has 0 atom stereocenters. The van der Waals surface area contributed by atoms with Crippen molar-refractivity contribution < 1.29 is 0 Å². The maximum absolute atomic E-state index is 5.93. The molecule has 2 aromatic carbocycles. The van der Waals surface area contributed by atoms with E-state index in [1.807, 2.05) is 36.0 Å². The number of nitrogens with one attached hydrogen (secondary N) is 1. The van der Waals surface area contributed by atoms with Crippen LogP contribution in [0.15, 0.2) is 53.4 Å². The van der Waals surface area contributed by atoms with Gasteiger partial charge in [-0.2, -0.15) is 0 Å². The predicted octanol–water partition coefficient (Wildman–Crippen LogP) is 4.85. The Kier molecular flexibility index (Phi) is 4.97. The van der Waals surface area contributed by atoms with Gasteiger partial charge in [0.15, 0.2) is 0 Å². The van der Waals surface area contributed by atoms with E-state index in [1.165, 1.54) is 10.5 Å².